The highest BCUT2D eigenvalue weighted by Crippen LogP contribution is 2.10. The van der Waals surface area contributed by atoms with Crippen LogP contribution in [-0.2, 0) is 14.4 Å². The Labute approximate surface area is 121 Å². The second-order valence-electron chi connectivity index (χ2n) is 4.39. The minimum absolute atomic E-state index is 0.0492. The van der Waals surface area contributed by atoms with Gasteiger partial charge in [-0.25, -0.2) is 4.79 Å². The highest BCUT2D eigenvalue weighted by atomic mass is 32.1. The van der Waals surface area contributed by atoms with Crippen molar-refractivity contribution >= 4 is 41.0 Å². The van der Waals surface area contributed by atoms with Crippen LogP contribution in [0.1, 0.15) is 12.8 Å². The van der Waals surface area contributed by atoms with Gasteiger partial charge in [-0.2, -0.15) is 0 Å². The van der Waals surface area contributed by atoms with Crippen molar-refractivity contribution in [2.24, 2.45) is 5.73 Å². The van der Waals surface area contributed by atoms with Crippen LogP contribution in [-0.4, -0.2) is 70.6 Å². The van der Waals surface area contributed by atoms with Crippen molar-refractivity contribution in [1.82, 2.24) is 14.7 Å². The normalized spacial score (nSPS) is 15.0. The fourth-order valence-electron chi connectivity index (χ4n) is 1.61. The zero-order valence-electron chi connectivity index (χ0n) is 11.3. The van der Waals surface area contributed by atoms with Gasteiger partial charge in [0.1, 0.15) is 0 Å². The van der Waals surface area contributed by atoms with Crippen LogP contribution >= 0.6 is 12.2 Å². The molecule has 0 atom stereocenters. The van der Waals surface area contributed by atoms with Crippen molar-refractivity contribution in [3.8, 4) is 0 Å². The molecule has 8 nitrogen and oxygen atoms in total. The van der Waals surface area contributed by atoms with E-state index in [4.69, 9.17) is 18.0 Å². The van der Waals surface area contributed by atoms with Gasteiger partial charge in [0.05, 0.1) is 4.99 Å². The van der Waals surface area contributed by atoms with Crippen molar-refractivity contribution < 1.29 is 19.2 Å². The first-order chi connectivity index (χ1) is 9.25. The maximum absolute atomic E-state index is 11.8. The Morgan fingerprint density at radius 3 is 2.30 bits per heavy atom. The zero-order chi connectivity index (χ0) is 15.4. The molecule has 9 heteroatoms. The molecule has 5 amide bonds. The number of thiocarbonyl (C=S) groups is 1. The Kier molecular flexibility index (Phi) is 5.14. The van der Waals surface area contributed by atoms with E-state index in [-0.39, 0.29) is 18.9 Å². The number of hydrogen-bond donors (Lipinski definition) is 1. The van der Waals surface area contributed by atoms with E-state index in [1.165, 1.54) is 11.9 Å². The average molecular weight is 300 g/mol. The number of carbonyl (C=O) groups excluding carboxylic acids is 4. The Hall–Kier alpha value is -2.03. The van der Waals surface area contributed by atoms with E-state index >= 15 is 0 Å². The summed E-state index contributed by atoms with van der Waals surface area (Å²) in [6.45, 7) is 0.249. The number of urea groups is 1. The Balaban J connectivity index is 2.49. The monoisotopic (exact) mass is 300 g/mol. The van der Waals surface area contributed by atoms with Crippen LogP contribution in [0.25, 0.3) is 0 Å². The molecule has 1 heterocycles. The summed E-state index contributed by atoms with van der Waals surface area (Å²) in [7, 11) is 2.80. The Morgan fingerprint density at radius 1 is 1.25 bits per heavy atom. The summed E-state index contributed by atoms with van der Waals surface area (Å²) < 4.78 is 0. The van der Waals surface area contributed by atoms with Gasteiger partial charge in [-0.05, 0) is 0 Å². The molecule has 110 valence electrons. The lowest BCUT2D eigenvalue weighted by molar-refractivity contribution is -0.143. The lowest BCUT2D eigenvalue weighted by Crippen LogP contribution is -2.37. The van der Waals surface area contributed by atoms with Gasteiger partial charge in [0.2, 0.25) is 5.91 Å². The second kappa shape index (κ2) is 6.42. The van der Waals surface area contributed by atoms with Gasteiger partial charge in [0.25, 0.3) is 0 Å². The van der Waals surface area contributed by atoms with Gasteiger partial charge >= 0.3 is 17.8 Å². The molecular weight excluding hydrogens is 284 g/mol. The molecule has 1 aliphatic heterocycles. The van der Waals surface area contributed by atoms with E-state index < -0.39 is 17.8 Å². The number of nitrogens with zero attached hydrogens (tertiary/aromatic N) is 3. The summed E-state index contributed by atoms with van der Waals surface area (Å²) in [5, 5.41) is 0. The Morgan fingerprint density at radius 2 is 1.85 bits per heavy atom. The van der Waals surface area contributed by atoms with E-state index in [0.717, 1.165) is 9.80 Å². The van der Waals surface area contributed by atoms with Crippen molar-refractivity contribution in [2.75, 3.05) is 27.2 Å². The molecular formula is C11H16N4O4S. The standard InChI is InChI=1S/C11H16N4O4S/c1-13(5-3-7(12)20)8(16)4-6-15-10(18)9(17)14(2)11(15)19/h3-6H2,1-2H3,(H2,12,20). The number of likely N-dealkylation sites (N-methyl/N-ethyl adjacent to an activating group) is 1. The molecule has 20 heavy (non-hydrogen) atoms. The van der Waals surface area contributed by atoms with Crippen LogP contribution < -0.4 is 5.73 Å². The van der Waals surface area contributed by atoms with Gasteiger partial charge in [-0.15, -0.1) is 0 Å². The average Bonchev–Trinajstić information content (AvgIpc) is 2.58. The molecule has 0 aliphatic carbocycles. The molecule has 1 rings (SSSR count). The number of rotatable bonds is 6. The summed E-state index contributed by atoms with van der Waals surface area (Å²) in [5.41, 5.74) is 5.33. The molecule has 0 unspecified atom stereocenters. The number of amides is 5. The number of carbonyl (C=O) groups is 4. The van der Waals surface area contributed by atoms with Gasteiger partial charge < -0.3 is 10.6 Å². The summed E-state index contributed by atoms with van der Waals surface area (Å²) >= 11 is 4.71. The maximum Gasteiger partial charge on any atom is 0.333 e. The number of nitrogens with two attached hydrogens (primary N) is 1. The van der Waals surface area contributed by atoms with E-state index in [9.17, 15) is 19.2 Å². The van der Waals surface area contributed by atoms with Crippen LogP contribution in [0.3, 0.4) is 0 Å². The Bertz CT molecular complexity index is 479. The molecule has 0 aromatic carbocycles. The summed E-state index contributed by atoms with van der Waals surface area (Å²) in [6, 6.07) is -0.710. The fourth-order valence-corrected chi connectivity index (χ4v) is 1.70. The van der Waals surface area contributed by atoms with Gasteiger partial charge in [-0.1, -0.05) is 12.2 Å². The number of hydrogen-bond acceptors (Lipinski definition) is 5. The van der Waals surface area contributed by atoms with Gasteiger partial charge in [-0.3, -0.25) is 24.2 Å². The summed E-state index contributed by atoms with van der Waals surface area (Å²) in [4.78, 5) is 49.3. The van der Waals surface area contributed by atoms with Crippen molar-refractivity contribution in [3.63, 3.8) is 0 Å². The second-order valence-corrected chi connectivity index (χ2v) is 4.91. The van der Waals surface area contributed by atoms with Crippen molar-refractivity contribution in [3.05, 3.63) is 0 Å². The molecule has 0 aromatic rings. The first-order valence-corrected chi connectivity index (χ1v) is 6.32. The van der Waals surface area contributed by atoms with Crippen LogP contribution in [0.2, 0.25) is 0 Å². The highest BCUT2D eigenvalue weighted by Gasteiger charge is 2.42. The molecule has 0 spiro atoms. The first kappa shape index (κ1) is 16.0. The third-order valence-corrected chi connectivity index (χ3v) is 3.12. The highest BCUT2D eigenvalue weighted by molar-refractivity contribution is 7.80. The molecule has 1 saturated heterocycles. The molecule has 0 saturated carbocycles. The molecule has 0 bridgehead atoms. The lowest BCUT2D eigenvalue weighted by atomic mass is 10.3. The molecule has 2 N–H and O–H groups in total. The van der Waals surface area contributed by atoms with E-state index in [1.807, 2.05) is 0 Å². The van der Waals surface area contributed by atoms with E-state index in [0.29, 0.717) is 18.0 Å². The third kappa shape index (κ3) is 3.50. The number of imide groups is 2. The topological polar surface area (TPSA) is 104 Å². The third-order valence-electron chi connectivity index (χ3n) is 2.92. The fraction of sp³-hybridized carbons (Fsp3) is 0.545. The SMILES string of the molecule is CN(CCC(N)=S)C(=O)CCN1C(=O)C(=O)N(C)C1=O. The maximum atomic E-state index is 11.8. The molecule has 1 aliphatic rings. The van der Waals surface area contributed by atoms with Crippen molar-refractivity contribution in [1.29, 1.82) is 0 Å². The molecule has 0 radical (unpaired) electrons. The van der Waals surface area contributed by atoms with Gasteiger partial charge in [0.15, 0.2) is 0 Å². The molecule has 1 fully saturated rings. The van der Waals surface area contributed by atoms with Crippen LogP contribution in [0, 0.1) is 0 Å². The van der Waals surface area contributed by atoms with E-state index in [2.05, 4.69) is 0 Å². The molecule has 0 aromatic heterocycles. The minimum atomic E-state index is -0.906. The lowest BCUT2D eigenvalue weighted by Gasteiger charge is -2.18. The smallest absolute Gasteiger partial charge is 0.333 e. The predicted molar refractivity (Wildman–Crippen MR) is 73.5 cm³/mol. The van der Waals surface area contributed by atoms with Crippen LogP contribution in [0.4, 0.5) is 4.79 Å². The van der Waals surface area contributed by atoms with E-state index in [1.54, 1.807) is 7.05 Å². The summed E-state index contributed by atoms with van der Waals surface area (Å²) in [5.74, 6) is -2.05. The van der Waals surface area contributed by atoms with Crippen molar-refractivity contribution in [2.45, 2.75) is 12.8 Å². The van der Waals surface area contributed by atoms with Crippen LogP contribution in [0.15, 0.2) is 0 Å². The minimum Gasteiger partial charge on any atom is -0.393 e. The summed E-state index contributed by atoms with van der Waals surface area (Å²) in [6.07, 6.45) is 0.354. The first-order valence-electron chi connectivity index (χ1n) is 5.91. The zero-order valence-corrected chi connectivity index (χ0v) is 12.1. The van der Waals surface area contributed by atoms with Crippen LogP contribution in [0.5, 0.6) is 0 Å². The predicted octanol–water partition coefficient (Wildman–Crippen LogP) is -1.07. The largest absolute Gasteiger partial charge is 0.393 e. The van der Waals surface area contributed by atoms with Gasteiger partial charge in [0, 0.05) is 40.0 Å². The quantitative estimate of drug-likeness (QED) is 0.380.